The number of anilines is 1. The van der Waals surface area contributed by atoms with Crippen molar-refractivity contribution >= 4 is 26.9 Å². The molecule has 6 rings (SSSR count). The van der Waals surface area contributed by atoms with Crippen molar-refractivity contribution in [3.8, 4) is 22.6 Å². The highest BCUT2D eigenvalue weighted by Crippen LogP contribution is 2.35. The highest BCUT2D eigenvalue weighted by atomic mass is 32.2. The minimum atomic E-state index is -4.00. The van der Waals surface area contributed by atoms with Gasteiger partial charge in [0.05, 0.1) is 34.1 Å². The van der Waals surface area contributed by atoms with Crippen LogP contribution in [0.3, 0.4) is 0 Å². The van der Waals surface area contributed by atoms with Crippen LogP contribution >= 0.6 is 0 Å². The Labute approximate surface area is 218 Å². The molecule has 1 N–H and O–H groups in total. The van der Waals surface area contributed by atoms with Crippen LogP contribution < -0.4 is 4.72 Å². The molecule has 0 bridgehead atoms. The van der Waals surface area contributed by atoms with Crippen molar-refractivity contribution < 1.29 is 17.4 Å². The van der Waals surface area contributed by atoms with Gasteiger partial charge in [-0.1, -0.05) is 41.6 Å². The van der Waals surface area contributed by atoms with Crippen molar-refractivity contribution in [2.45, 2.75) is 25.3 Å². The van der Waals surface area contributed by atoms with Crippen LogP contribution in [0.5, 0.6) is 0 Å². The molecule has 0 aliphatic rings. The number of rotatable bonds is 7. The van der Waals surface area contributed by atoms with Gasteiger partial charge in [0.1, 0.15) is 6.26 Å². The third kappa shape index (κ3) is 4.24. The second kappa shape index (κ2) is 9.31. The summed E-state index contributed by atoms with van der Waals surface area (Å²) in [5, 5.41) is 3.86. The van der Waals surface area contributed by atoms with Gasteiger partial charge in [0.15, 0.2) is 0 Å². The van der Waals surface area contributed by atoms with E-state index in [-0.39, 0.29) is 10.8 Å². The summed E-state index contributed by atoms with van der Waals surface area (Å²) in [5.74, 6) is 0.577. The van der Waals surface area contributed by atoms with Gasteiger partial charge >= 0.3 is 0 Å². The van der Waals surface area contributed by atoms with Gasteiger partial charge in [-0.25, -0.2) is 23.1 Å². The molecule has 3 heterocycles. The molecule has 38 heavy (non-hydrogen) atoms. The first-order chi connectivity index (χ1) is 18.4. The van der Waals surface area contributed by atoms with Gasteiger partial charge in [0.25, 0.3) is 10.0 Å². The fourth-order valence-electron chi connectivity index (χ4n) is 4.42. The standard InChI is InChI=1S/C28H23N5O4S/c1-18-19(2)31-37-27(18)32-38(34,35)26-10-6-3-7-23(26)22-12-11-20(28-29-13-14-36-28)15-21(22)16-33-17-30-24-8-4-5-9-25(24)33/h3-15,17,32H,16H2,1-2H3. The Morgan fingerprint density at radius 2 is 1.76 bits per heavy atom. The van der Waals surface area contributed by atoms with E-state index in [1.165, 1.54) is 6.26 Å². The Balaban J connectivity index is 1.49. The van der Waals surface area contributed by atoms with E-state index in [4.69, 9.17) is 8.94 Å². The molecule has 0 aliphatic carbocycles. The number of hydrogen-bond donors (Lipinski definition) is 1. The summed E-state index contributed by atoms with van der Waals surface area (Å²) in [4.78, 5) is 8.92. The van der Waals surface area contributed by atoms with Gasteiger partial charge in [-0.15, -0.1) is 0 Å². The van der Waals surface area contributed by atoms with Crippen LogP contribution in [0.25, 0.3) is 33.6 Å². The lowest BCUT2D eigenvalue weighted by Gasteiger charge is -2.16. The second-order valence-corrected chi connectivity index (χ2v) is 10.5. The molecule has 3 aromatic heterocycles. The van der Waals surface area contributed by atoms with Crippen LogP contribution in [0.4, 0.5) is 5.88 Å². The maximum Gasteiger partial charge on any atom is 0.264 e. The van der Waals surface area contributed by atoms with Gasteiger partial charge in [-0.3, -0.25) is 0 Å². The largest absolute Gasteiger partial charge is 0.445 e. The number of sulfonamides is 1. The van der Waals surface area contributed by atoms with E-state index in [1.54, 1.807) is 44.6 Å². The van der Waals surface area contributed by atoms with E-state index < -0.39 is 10.0 Å². The molecular formula is C28H23N5O4S. The molecule has 0 saturated heterocycles. The third-order valence-corrected chi connectivity index (χ3v) is 7.89. The third-order valence-electron chi connectivity index (χ3n) is 6.50. The molecule has 0 amide bonds. The summed E-state index contributed by atoms with van der Waals surface area (Å²) in [7, 11) is -4.00. The quantitative estimate of drug-likeness (QED) is 0.279. The SMILES string of the molecule is Cc1noc(NS(=O)(=O)c2ccccc2-c2ccc(-c3ncco3)cc2Cn2cnc3ccccc32)c1C. The van der Waals surface area contributed by atoms with E-state index in [0.29, 0.717) is 29.3 Å². The summed E-state index contributed by atoms with van der Waals surface area (Å²) >= 11 is 0. The molecule has 0 unspecified atom stereocenters. The molecule has 0 fully saturated rings. The number of aryl methyl sites for hydroxylation is 1. The molecule has 3 aromatic carbocycles. The van der Waals surface area contributed by atoms with Crippen LogP contribution in [-0.4, -0.2) is 28.1 Å². The van der Waals surface area contributed by atoms with Crippen LogP contribution in [0, 0.1) is 13.8 Å². The summed E-state index contributed by atoms with van der Waals surface area (Å²) in [6.07, 6.45) is 4.89. The maximum atomic E-state index is 13.6. The van der Waals surface area contributed by atoms with Crippen LogP contribution in [0.15, 0.2) is 99.4 Å². The van der Waals surface area contributed by atoms with Crippen molar-refractivity contribution in [1.29, 1.82) is 0 Å². The Kier molecular flexibility index (Phi) is 5.80. The molecule has 0 radical (unpaired) electrons. The monoisotopic (exact) mass is 525 g/mol. The summed E-state index contributed by atoms with van der Waals surface area (Å²) in [5.41, 5.74) is 6.06. The lowest BCUT2D eigenvalue weighted by atomic mass is 9.97. The van der Waals surface area contributed by atoms with Gasteiger partial charge in [-0.2, -0.15) is 0 Å². The smallest absolute Gasteiger partial charge is 0.264 e. The van der Waals surface area contributed by atoms with Gasteiger partial charge in [-0.05, 0) is 55.3 Å². The molecule has 10 heteroatoms. The summed E-state index contributed by atoms with van der Waals surface area (Å²) < 4.78 is 42.5. The van der Waals surface area contributed by atoms with Gasteiger partial charge < -0.3 is 13.5 Å². The maximum absolute atomic E-state index is 13.6. The molecule has 0 atom stereocenters. The zero-order chi connectivity index (χ0) is 26.3. The Hall–Kier alpha value is -4.70. The normalized spacial score (nSPS) is 11.7. The molecule has 9 nitrogen and oxygen atoms in total. The number of para-hydroxylation sites is 2. The summed E-state index contributed by atoms with van der Waals surface area (Å²) in [6.45, 7) is 3.96. The highest BCUT2D eigenvalue weighted by molar-refractivity contribution is 7.92. The first kappa shape index (κ1) is 23.7. The molecule has 6 aromatic rings. The number of fused-ring (bicyclic) bond motifs is 1. The van der Waals surface area contributed by atoms with Gasteiger partial charge in [0, 0.05) is 23.2 Å². The van der Waals surface area contributed by atoms with Crippen molar-refractivity contribution in [3.63, 3.8) is 0 Å². The van der Waals surface area contributed by atoms with E-state index >= 15 is 0 Å². The van der Waals surface area contributed by atoms with Gasteiger partial charge in [0.2, 0.25) is 11.8 Å². The Morgan fingerprint density at radius 3 is 2.55 bits per heavy atom. The summed E-state index contributed by atoms with van der Waals surface area (Å²) in [6, 6.07) is 20.5. The van der Waals surface area contributed by atoms with E-state index in [0.717, 1.165) is 27.7 Å². The zero-order valence-corrected chi connectivity index (χ0v) is 21.4. The number of nitrogens with zero attached hydrogens (tertiary/aromatic N) is 4. The Bertz CT molecular complexity index is 1870. The molecule has 0 spiro atoms. The van der Waals surface area contributed by atoms with E-state index in [9.17, 15) is 8.42 Å². The number of oxazole rings is 1. The van der Waals surface area contributed by atoms with Crippen molar-refractivity contribution in [2.24, 2.45) is 0 Å². The molecular weight excluding hydrogens is 502 g/mol. The van der Waals surface area contributed by atoms with Crippen molar-refractivity contribution in [2.75, 3.05) is 4.72 Å². The molecule has 190 valence electrons. The predicted molar refractivity (Wildman–Crippen MR) is 143 cm³/mol. The minimum Gasteiger partial charge on any atom is -0.445 e. The average molecular weight is 526 g/mol. The Morgan fingerprint density at radius 1 is 0.947 bits per heavy atom. The number of nitrogens with one attached hydrogen (secondary N) is 1. The predicted octanol–water partition coefficient (Wildman–Crippen LogP) is 5.81. The van der Waals surface area contributed by atoms with Crippen LogP contribution in [0.2, 0.25) is 0 Å². The number of aromatic nitrogens is 4. The first-order valence-corrected chi connectivity index (χ1v) is 13.4. The molecule has 0 saturated carbocycles. The first-order valence-electron chi connectivity index (χ1n) is 11.9. The highest BCUT2D eigenvalue weighted by Gasteiger charge is 2.24. The van der Waals surface area contributed by atoms with Crippen molar-refractivity contribution in [3.05, 3.63) is 102 Å². The average Bonchev–Trinajstić information content (AvgIpc) is 3.67. The molecule has 0 aliphatic heterocycles. The number of hydrogen-bond acceptors (Lipinski definition) is 7. The lowest BCUT2D eigenvalue weighted by molar-refractivity contribution is 0.430. The van der Waals surface area contributed by atoms with Crippen molar-refractivity contribution in [1.82, 2.24) is 19.7 Å². The van der Waals surface area contributed by atoms with Crippen LogP contribution in [0.1, 0.15) is 16.8 Å². The van der Waals surface area contributed by atoms with E-state index in [1.807, 2.05) is 53.1 Å². The minimum absolute atomic E-state index is 0.0988. The van der Waals surface area contributed by atoms with E-state index in [2.05, 4.69) is 19.8 Å². The lowest BCUT2D eigenvalue weighted by Crippen LogP contribution is -2.14. The second-order valence-electron chi connectivity index (χ2n) is 8.89. The fraction of sp³-hybridized carbons (Fsp3) is 0.107. The van der Waals surface area contributed by atoms with Crippen LogP contribution in [-0.2, 0) is 16.6 Å². The number of imidazole rings is 1. The fourth-order valence-corrected chi connectivity index (χ4v) is 5.69. The zero-order valence-electron chi connectivity index (χ0n) is 20.6. The number of benzene rings is 3. The topological polar surface area (TPSA) is 116 Å².